The quantitative estimate of drug-likeness (QED) is 0.609. The molecule has 0 saturated carbocycles. The van der Waals surface area contributed by atoms with E-state index in [-0.39, 0.29) is 12.2 Å². The normalized spacial score (nSPS) is 15.2. The summed E-state index contributed by atoms with van der Waals surface area (Å²) in [5.41, 5.74) is 3.57. The lowest BCUT2D eigenvalue weighted by atomic mass is 10.1. The fourth-order valence-corrected chi connectivity index (χ4v) is 2.46. The molecule has 1 fully saturated rings. The first-order valence-electron chi connectivity index (χ1n) is 8.16. The summed E-state index contributed by atoms with van der Waals surface area (Å²) in [6.07, 6.45) is 1.38. The molecule has 5 nitrogen and oxygen atoms in total. The molecule has 2 heterocycles. The molecule has 1 aliphatic heterocycles. The lowest BCUT2D eigenvalue weighted by molar-refractivity contribution is -0.0222. The van der Waals surface area contributed by atoms with Gasteiger partial charge in [0.1, 0.15) is 31.2 Å². The Bertz CT molecular complexity index is 642. The van der Waals surface area contributed by atoms with Gasteiger partial charge in [0.2, 0.25) is 0 Å². The van der Waals surface area contributed by atoms with Gasteiger partial charge in [-0.15, -0.1) is 5.54 Å². The number of pyridine rings is 1. The van der Waals surface area contributed by atoms with E-state index in [2.05, 4.69) is 36.1 Å². The lowest BCUT2D eigenvalue weighted by Gasteiger charge is -2.39. The number of rotatable bonds is 2. The molecule has 1 aromatic rings. The number of likely N-dealkylation sites (tertiary alicyclic amines) is 1. The van der Waals surface area contributed by atoms with Crippen molar-refractivity contribution in [3.05, 3.63) is 24.0 Å². The first kappa shape index (κ1) is 18.3. The molecule has 1 amide bonds. The number of hydrogen-bond donors (Lipinski definition) is 0. The third kappa shape index (κ3) is 5.89. The smallest absolute Gasteiger partial charge is 0.410 e. The Kier molecular flexibility index (Phi) is 5.24. The maximum absolute atomic E-state index is 11.9. The van der Waals surface area contributed by atoms with Crippen molar-refractivity contribution in [1.29, 1.82) is 0 Å². The summed E-state index contributed by atoms with van der Waals surface area (Å²) in [5.74, 6) is 3.81. The number of carbonyl (C=O) groups excluding carboxylic acids is 1. The fraction of sp³-hybridized carbons (Fsp3) is 0.556. The van der Waals surface area contributed by atoms with Crippen LogP contribution >= 0.6 is 0 Å². The van der Waals surface area contributed by atoms with E-state index in [4.69, 9.17) is 9.47 Å². The second-order valence-electron chi connectivity index (χ2n) is 8.00. The predicted octanol–water partition coefficient (Wildman–Crippen LogP) is 3.31. The zero-order valence-electron chi connectivity index (χ0n) is 15.3. The number of hydrogen-bond acceptors (Lipinski definition) is 4. The standard InChI is InChI=1S/C18H26N2O3Si/c1-18(2,3)23-17(21)20-12-16(13-20)22-15-8-7-14(19-11-15)9-10-24(4,5)6/h7-8,11,16H,12-13H2,1-6H3. The summed E-state index contributed by atoms with van der Waals surface area (Å²) in [6, 6.07) is 3.74. The third-order valence-corrected chi connectivity index (χ3v) is 3.98. The highest BCUT2D eigenvalue weighted by Gasteiger charge is 2.35. The van der Waals surface area contributed by atoms with Gasteiger partial charge in [0.25, 0.3) is 0 Å². The minimum atomic E-state index is -1.39. The fourth-order valence-electron chi connectivity index (χ4n) is 1.96. The van der Waals surface area contributed by atoms with Crippen LogP contribution in [0, 0.1) is 11.5 Å². The van der Waals surface area contributed by atoms with Crippen molar-refractivity contribution in [1.82, 2.24) is 9.88 Å². The Hall–Kier alpha value is -2.00. The number of aromatic nitrogens is 1. The zero-order chi connectivity index (χ0) is 18.0. The number of ether oxygens (including phenoxy) is 2. The van der Waals surface area contributed by atoms with Crippen molar-refractivity contribution in [3.8, 4) is 17.2 Å². The molecule has 0 aliphatic carbocycles. The van der Waals surface area contributed by atoms with Crippen LogP contribution in [0.15, 0.2) is 18.3 Å². The summed E-state index contributed by atoms with van der Waals surface area (Å²) < 4.78 is 11.1. The van der Waals surface area contributed by atoms with Gasteiger partial charge in [-0.2, -0.15) is 0 Å². The van der Waals surface area contributed by atoms with Crippen LogP contribution in [-0.2, 0) is 4.74 Å². The monoisotopic (exact) mass is 346 g/mol. The molecule has 0 aromatic carbocycles. The van der Waals surface area contributed by atoms with Crippen LogP contribution in [0.5, 0.6) is 5.75 Å². The molecule has 1 aromatic heterocycles. The second kappa shape index (κ2) is 6.86. The van der Waals surface area contributed by atoms with Crippen LogP contribution in [-0.4, -0.2) is 48.8 Å². The average molecular weight is 347 g/mol. The molecule has 0 spiro atoms. The largest absolute Gasteiger partial charge is 0.485 e. The Morgan fingerprint density at radius 3 is 2.46 bits per heavy atom. The number of nitrogens with zero attached hydrogens (tertiary/aromatic N) is 2. The maximum Gasteiger partial charge on any atom is 0.410 e. The van der Waals surface area contributed by atoms with Crippen LogP contribution in [0.3, 0.4) is 0 Å². The Morgan fingerprint density at radius 2 is 1.96 bits per heavy atom. The van der Waals surface area contributed by atoms with Crippen molar-refractivity contribution in [2.75, 3.05) is 13.1 Å². The molecule has 2 rings (SSSR count). The summed E-state index contributed by atoms with van der Waals surface area (Å²) in [6.45, 7) is 13.2. The van der Waals surface area contributed by atoms with Crippen LogP contribution in [0.2, 0.25) is 19.6 Å². The van der Waals surface area contributed by atoms with Crippen molar-refractivity contribution >= 4 is 14.2 Å². The second-order valence-corrected chi connectivity index (χ2v) is 12.8. The van der Waals surface area contributed by atoms with Gasteiger partial charge in [-0.3, -0.25) is 0 Å². The summed E-state index contributed by atoms with van der Waals surface area (Å²) in [4.78, 5) is 17.8. The van der Waals surface area contributed by atoms with E-state index in [1.54, 1.807) is 11.1 Å². The molecule has 130 valence electrons. The molecule has 1 aliphatic rings. The van der Waals surface area contributed by atoms with E-state index in [0.717, 1.165) is 5.69 Å². The SMILES string of the molecule is CC(C)(C)OC(=O)N1CC(Oc2ccc(C#C[Si](C)(C)C)nc2)C1. The molecule has 0 atom stereocenters. The van der Waals surface area contributed by atoms with Gasteiger partial charge in [-0.25, -0.2) is 9.78 Å². The van der Waals surface area contributed by atoms with Gasteiger partial charge in [0.15, 0.2) is 0 Å². The minimum Gasteiger partial charge on any atom is -0.485 e. The van der Waals surface area contributed by atoms with Crippen LogP contribution < -0.4 is 4.74 Å². The van der Waals surface area contributed by atoms with Crippen molar-refractivity contribution < 1.29 is 14.3 Å². The van der Waals surface area contributed by atoms with Crippen LogP contribution in [0.1, 0.15) is 26.5 Å². The molecule has 0 radical (unpaired) electrons. The van der Waals surface area contributed by atoms with Gasteiger partial charge in [-0.1, -0.05) is 25.6 Å². The molecule has 6 heteroatoms. The first-order chi connectivity index (χ1) is 11.0. The highest BCUT2D eigenvalue weighted by Crippen LogP contribution is 2.20. The van der Waals surface area contributed by atoms with Crippen molar-refractivity contribution in [3.63, 3.8) is 0 Å². The average Bonchev–Trinajstić information content (AvgIpc) is 2.38. The Labute approximate surface area is 145 Å². The lowest BCUT2D eigenvalue weighted by Crippen LogP contribution is -2.57. The molecule has 0 unspecified atom stereocenters. The zero-order valence-corrected chi connectivity index (χ0v) is 16.3. The topological polar surface area (TPSA) is 51.7 Å². The molecule has 0 N–H and O–H groups in total. The van der Waals surface area contributed by atoms with Gasteiger partial charge in [0.05, 0.1) is 19.3 Å². The van der Waals surface area contributed by atoms with Gasteiger partial charge in [0, 0.05) is 0 Å². The van der Waals surface area contributed by atoms with E-state index in [1.165, 1.54) is 0 Å². The molecular formula is C18H26N2O3Si. The summed E-state index contributed by atoms with van der Waals surface area (Å²) in [7, 11) is -1.39. The van der Waals surface area contributed by atoms with Crippen LogP contribution in [0.4, 0.5) is 4.79 Å². The molecule has 0 bridgehead atoms. The number of carbonyl (C=O) groups is 1. The van der Waals surface area contributed by atoms with E-state index < -0.39 is 13.7 Å². The highest BCUT2D eigenvalue weighted by atomic mass is 28.3. The molecule has 24 heavy (non-hydrogen) atoms. The summed E-state index contributed by atoms with van der Waals surface area (Å²) in [5, 5.41) is 0. The van der Waals surface area contributed by atoms with Gasteiger partial charge in [-0.05, 0) is 32.9 Å². The first-order valence-corrected chi connectivity index (χ1v) is 11.7. The van der Waals surface area contributed by atoms with Gasteiger partial charge < -0.3 is 14.4 Å². The molecular weight excluding hydrogens is 320 g/mol. The van der Waals surface area contributed by atoms with E-state index in [1.807, 2.05) is 32.9 Å². The molecule has 1 saturated heterocycles. The highest BCUT2D eigenvalue weighted by molar-refractivity contribution is 6.83. The van der Waals surface area contributed by atoms with Crippen molar-refractivity contribution in [2.24, 2.45) is 0 Å². The van der Waals surface area contributed by atoms with E-state index in [0.29, 0.717) is 18.8 Å². The van der Waals surface area contributed by atoms with Crippen molar-refractivity contribution in [2.45, 2.75) is 52.1 Å². The summed E-state index contributed by atoms with van der Waals surface area (Å²) >= 11 is 0. The van der Waals surface area contributed by atoms with E-state index >= 15 is 0 Å². The van der Waals surface area contributed by atoms with Gasteiger partial charge >= 0.3 is 6.09 Å². The third-order valence-electron chi connectivity index (χ3n) is 3.10. The van der Waals surface area contributed by atoms with E-state index in [9.17, 15) is 4.79 Å². The minimum absolute atomic E-state index is 0.0155. The maximum atomic E-state index is 11.9. The van der Waals surface area contributed by atoms with Crippen LogP contribution in [0.25, 0.3) is 0 Å². The predicted molar refractivity (Wildman–Crippen MR) is 96.7 cm³/mol. The Balaban J connectivity index is 1.82. The Morgan fingerprint density at radius 1 is 1.29 bits per heavy atom. The number of amides is 1.